The molecule has 1 heterocycles. The van der Waals surface area contributed by atoms with Gasteiger partial charge in [0.05, 0.1) is 11.9 Å². The lowest BCUT2D eigenvalue weighted by atomic mass is 9.90. The third kappa shape index (κ3) is 7.03. The summed E-state index contributed by atoms with van der Waals surface area (Å²) in [4.78, 5) is 9.06. The number of fused-ring (bicyclic) bond motifs is 1. The third-order valence-corrected chi connectivity index (χ3v) is 10.4. The normalized spacial score (nSPS) is 18.2. The smallest absolute Gasteiger partial charge is 0.229 e. The fourth-order valence-corrected chi connectivity index (χ4v) is 7.16. The number of anilines is 4. The Morgan fingerprint density at radius 3 is 2.56 bits per heavy atom. The van der Waals surface area contributed by atoms with Crippen molar-refractivity contribution in [3.8, 4) is 0 Å². The summed E-state index contributed by atoms with van der Waals surface area (Å²) >= 11 is 6.46. The van der Waals surface area contributed by atoms with Crippen molar-refractivity contribution in [3.05, 3.63) is 64.3 Å². The molecule has 6 nitrogen and oxygen atoms in total. The van der Waals surface area contributed by atoms with Crippen molar-refractivity contribution in [3.63, 3.8) is 0 Å². The number of nitrogens with zero attached hydrogens (tertiary/aromatic N) is 2. The summed E-state index contributed by atoms with van der Waals surface area (Å²) < 4.78 is 12.9. The molecule has 0 saturated heterocycles. The van der Waals surface area contributed by atoms with Gasteiger partial charge in [-0.25, -0.2) is 4.98 Å². The molecule has 3 aromatic rings. The first kappa shape index (κ1) is 28.1. The Morgan fingerprint density at radius 2 is 1.85 bits per heavy atom. The number of nitrogens with two attached hydrogens (primary N) is 1. The summed E-state index contributed by atoms with van der Waals surface area (Å²) in [6, 6.07) is 12.5. The van der Waals surface area contributed by atoms with Crippen molar-refractivity contribution < 1.29 is 4.57 Å². The van der Waals surface area contributed by atoms with E-state index in [0.717, 1.165) is 47.5 Å². The Balaban J connectivity index is 1.25. The minimum Gasteiger partial charge on any atom is -0.338 e. The van der Waals surface area contributed by atoms with Gasteiger partial charge in [0.2, 0.25) is 5.95 Å². The number of aromatic nitrogens is 2. The van der Waals surface area contributed by atoms with Crippen LogP contribution in [0.2, 0.25) is 5.02 Å². The minimum absolute atomic E-state index is 0.404. The summed E-state index contributed by atoms with van der Waals surface area (Å²) in [6.45, 7) is 6.40. The average Bonchev–Trinajstić information content (AvgIpc) is 3.71. The first-order chi connectivity index (χ1) is 18.6. The second-order valence-corrected chi connectivity index (χ2v) is 15.6. The topological polar surface area (TPSA) is 92.9 Å². The van der Waals surface area contributed by atoms with Gasteiger partial charge in [0, 0.05) is 11.0 Å². The number of halogens is 1. The van der Waals surface area contributed by atoms with Crippen LogP contribution in [0.5, 0.6) is 0 Å². The van der Waals surface area contributed by atoms with Gasteiger partial charge < -0.3 is 20.9 Å². The van der Waals surface area contributed by atoms with Crippen molar-refractivity contribution >= 4 is 47.2 Å². The number of aryl methyl sites for hydroxylation is 3. The highest BCUT2D eigenvalue weighted by molar-refractivity contribution is 7.70. The fourth-order valence-electron chi connectivity index (χ4n) is 5.80. The lowest BCUT2D eigenvalue weighted by molar-refractivity contribution is 0.373. The van der Waals surface area contributed by atoms with Gasteiger partial charge in [-0.3, -0.25) is 0 Å². The van der Waals surface area contributed by atoms with Crippen LogP contribution in [-0.4, -0.2) is 29.8 Å². The molecule has 208 valence electrons. The van der Waals surface area contributed by atoms with Gasteiger partial charge >= 0.3 is 0 Å². The van der Waals surface area contributed by atoms with Gasteiger partial charge in [0.1, 0.15) is 12.2 Å². The quantitative estimate of drug-likeness (QED) is 0.173. The monoisotopic (exact) mass is 565 g/mol. The first-order valence-corrected chi connectivity index (χ1v) is 17.2. The molecule has 1 fully saturated rings. The van der Waals surface area contributed by atoms with Gasteiger partial charge in [-0.1, -0.05) is 42.1 Å². The summed E-state index contributed by atoms with van der Waals surface area (Å²) in [6.07, 6.45) is 13.0. The molecule has 39 heavy (non-hydrogen) atoms. The van der Waals surface area contributed by atoms with E-state index < -0.39 is 7.14 Å². The second-order valence-electron chi connectivity index (χ2n) is 12.0. The van der Waals surface area contributed by atoms with Crippen LogP contribution < -0.4 is 21.7 Å². The van der Waals surface area contributed by atoms with E-state index in [-0.39, 0.29) is 0 Å². The predicted octanol–water partition coefficient (Wildman–Crippen LogP) is 7.58. The summed E-state index contributed by atoms with van der Waals surface area (Å²) in [7, 11) is -2.50. The summed E-state index contributed by atoms with van der Waals surface area (Å²) in [5, 5.41) is 7.85. The highest BCUT2D eigenvalue weighted by Crippen LogP contribution is 2.49. The molecule has 0 unspecified atom stereocenters. The number of hydrogen-bond acceptors (Lipinski definition) is 6. The van der Waals surface area contributed by atoms with Crippen molar-refractivity contribution in [2.75, 3.05) is 30.5 Å². The van der Waals surface area contributed by atoms with Gasteiger partial charge in [0.25, 0.3) is 0 Å². The third-order valence-electron chi connectivity index (χ3n) is 8.55. The molecule has 0 radical (unpaired) electrons. The zero-order chi connectivity index (χ0) is 27.6. The van der Waals surface area contributed by atoms with E-state index in [1.54, 1.807) is 19.5 Å². The van der Waals surface area contributed by atoms with Gasteiger partial charge in [0.15, 0.2) is 5.82 Å². The maximum absolute atomic E-state index is 12.9. The van der Waals surface area contributed by atoms with E-state index in [4.69, 9.17) is 17.3 Å². The first-order valence-electron chi connectivity index (χ1n) is 14.2. The molecule has 2 aliphatic rings. The van der Waals surface area contributed by atoms with E-state index >= 15 is 0 Å². The molecular formula is C31H41ClN5OP. The molecule has 1 atom stereocenters. The minimum atomic E-state index is -2.50. The van der Waals surface area contributed by atoms with E-state index in [2.05, 4.69) is 38.8 Å². The standard InChI is InChI=1S/C31H41ClN5OP/c1-21-6-13-27(28(17-21)39(2,3)38)36-29-26(32)19-34-30(37-29)35-25-12-11-23-9-7-22(8-10-24(23)18-25)5-4-14-31(20-33)15-16-31/h6,11-13,17-19,22H,4-5,7-10,14-16,20,33H2,1-3H3,(H2,34,35,36,37)/t22-/m0/s1. The van der Waals surface area contributed by atoms with Gasteiger partial charge in [-0.15, -0.1) is 0 Å². The maximum Gasteiger partial charge on any atom is 0.229 e. The molecule has 1 aromatic heterocycles. The lowest BCUT2D eigenvalue weighted by Crippen LogP contribution is -2.15. The van der Waals surface area contributed by atoms with Crippen LogP contribution in [-0.2, 0) is 17.4 Å². The average molecular weight is 566 g/mol. The molecule has 8 heteroatoms. The number of hydrogen-bond donors (Lipinski definition) is 3. The van der Waals surface area contributed by atoms with Crippen LogP contribution in [0.15, 0.2) is 42.6 Å². The lowest BCUT2D eigenvalue weighted by Gasteiger charge is -2.17. The van der Waals surface area contributed by atoms with Crippen molar-refractivity contribution in [1.82, 2.24) is 9.97 Å². The van der Waals surface area contributed by atoms with E-state index in [9.17, 15) is 4.57 Å². The maximum atomic E-state index is 12.9. The number of rotatable bonds is 10. The van der Waals surface area contributed by atoms with Crippen LogP contribution in [0.3, 0.4) is 0 Å². The zero-order valence-corrected chi connectivity index (χ0v) is 25.0. The van der Waals surface area contributed by atoms with Crippen LogP contribution in [0.25, 0.3) is 0 Å². The molecule has 2 aromatic carbocycles. The predicted molar refractivity (Wildman–Crippen MR) is 165 cm³/mol. The van der Waals surface area contributed by atoms with E-state index in [0.29, 0.717) is 22.2 Å². The SMILES string of the molecule is Cc1ccc(Nc2nc(Nc3ccc4c(c3)CC[C@@H](CCCC3(CN)CC3)CC4)ncc2Cl)c(P(C)(C)=O)c1. The fraction of sp³-hybridized carbons (Fsp3) is 0.484. The molecule has 0 spiro atoms. The van der Waals surface area contributed by atoms with Gasteiger partial charge in [-0.2, -0.15) is 4.98 Å². The number of nitrogens with one attached hydrogen (secondary N) is 2. The van der Waals surface area contributed by atoms with Crippen LogP contribution >= 0.6 is 18.7 Å². The highest BCUT2D eigenvalue weighted by atomic mass is 35.5. The van der Waals surface area contributed by atoms with E-state index in [1.807, 2.05) is 25.1 Å². The van der Waals surface area contributed by atoms with Crippen LogP contribution in [0.4, 0.5) is 23.1 Å². The van der Waals surface area contributed by atoms with E-state index in [1.165, 1.54) is 56.1 Å². The Morgan fingerprint density at radius 1 is 1.08 bits per heavy atom. The Hall–Kier alpha value is -2.40. The van der Waals surface area contributed by atoms with Crippen molar-refractivity contribution in [2.45, 2.75) is 64.7 Å². The molecule has 0 aliphatic heterocycles. The molecule has 0 amide bonds. The number of benzene rings is 2. The molecule has 0 bridgehead atoms. The molecule has 1 saturated carbocycles. The van der Waals surface area contributed by atoms with Crippen LogP contribution in [0.1, 0.15) is 61.6 Å². The van der Waals surface area contributed by atoms with Gasteiger partial charge in [-0.05, 0) is 118 Å². The van der Waals surface area contributed by atoms with Crippen molar-refractivity contribution in [1.29, 1.82) is 0 Å². The van der Waals surface area contributed by atoms with Crippen LogP contribution in [0, 0.1) is 18.3 Å². The Kier molecular flexibility index (Phi) is 8.37. The second kappa shape index (κ2) is 11.6. The Labute approximate surface area is 237 Å². The molecule has 4 N–H and O–H groups in total. The Bertz CT molecular complexity index is 1380. The zero-order valence-electron chi connectivity index (χ0n) is 23.4. The summed E-state index contributed by atoms with van der Waals surface area (Å²) in [5.41, 5.74) is 12.1. The molecular weight excluding hydrogens is 525 g/mol. The molecule has 2 aliphatic carbocycles. The largest absolute Gasteiger partial charge is 0.338 e. The highest BCUT2D eigenvalue weighted by Gasteiger charge is 2.40. The summed E-state index contributed by atoms with van der Waals surface area (Å²) in [5.74, 6) is 1.74. The van der Waals surface area contributed by atoms with Crippen molar-refractivity contribution in [2.24, 2.45) is 17.1 Å². The molecule has 5 rings (SSSR count).